The van der Waals surface area contributed by atoms with Crippen molar-refractivity contribution in [2.45, 2.75) is 45.6 Å². The Morgan fingerprint density at radius 3 is 2.38 bits per heavy atom. The normalized spacial score (nSPS) is 19.7. The first-order valence-corrected chi connectivity index (χ1v) is 5.96. The van der Waals surface area contributed by atoms with Gasteiger partial charge in [-0.3, -0.25) is 4.79 Å². The van der Waals surface area contributed by atoms with Crippen LogP contribution < -0.4 is 5.32 Å². The largest absolute Gasteiger partial charge is 0.349 e. The second-order valence-corrected chi connectivity index (χ2v) is 5.17. The van der Waals surface area contributed by atoms with E-state index in [4.69, 9.17) is 0 Å². The van der Waals surface area contributed by atoms with Gasteiger partial charge < -0.3 is 5.32 Å². The smallest absolute Gasteiger partial charge is 0.226 e. The van der Waals surface area contributed by atoms with E-state index in [1.54, 1.807) is 0 Å². The number of amides is 1. The zero-order chi connectivity index (χ0) is 10.1. The Labute approximate surface area is 88.6 Å². The van der Waals surface area contributed by atoms with Gasteiger partial charge in [-0.15, -0.1) is 0 Å². The van der Waals surface area contributed by atoms with E-state index < -0.39 is 0 Å². The van der Waals surface area contributed by atoms with Gasteiger partial charge >= 0.3 is 0 Å². The highest BCUT2D eigenvalue weighted by atomic mass is 79.9. The van der Waals surface area contributed by atoms with Gasteiger partial charge in [-0.2, -0.15) is 0 Å². The predicted molar refractivity (Wildman–Crippen MR) is 58.0 cm³/mol. The molecular weight excluding hydrogens is 230 g/mol. The molecule has 0 saturated heterocycles. The van der Waals surface area contributed by atoms with Crippen LogP contribution in [0, 0.1) is 5.41 Å². The quantitative estimate of drug-likeness (QED) is 0.761. The van der Waals surface area contributed by atoms with E-state index in [0.29, 0.717) is 0 Å². The van der Waals surface area contributed by atoms with Crippen LogP contribution in [0.15, 0.2) is 0 Å². The molecule has 0 atom stereocenters. The third-order valence-electron chi connectivity index (χ3n) is 2.99. The topological polar surface area (TPSA) is 29.1 Å². The summed E-state index contributed by atoms with van der Waals surface area (Å²) in [7, 11) is 0. The van der Waals surface area contributed by atoms with Crippen LogP contribution in [-0.4, -0.2) is 16.8 Å². The van der Waals surface area contributed by atoms with Gasteiger partial charge in [-0.1, -0.05) is 36.7 Å². The average molecular weight is 248 g/mol. The predicted octanol–water partition coefficient (Wildman–Crippen LogP) is 2.47. The van der Waals surface area contributed by atoms with E-state index in [-0.39, 0.29) is 16.9 Å². The molecule has 1 fully saturated rings. The summed E-state index contributed by atoms with van der Waals surface area (Å²) in [6.07, 6.45) is 3.12. The molecule has 1 amide bonds. The monoisotopic (exact) mass is 247 g/mol. The Morgan fingerprint density at radius 1 is 1.54 bits per heavy atom. The van der Waals surface area contributed by atoms with Crippen LogP contribution in [0.5, 0.6) is 0 Å². The second-order valence-electron chi connectivity index (χ2n) is 4.61. The summed E-state index contributed by atoms with van der Waals surface area (Å²) >= 11 is 3.44. The molecule has 3 heteroatoms. The summed E-state index contributed by atoms with van der Waals surface area (Å²) in [4.78, 5) is 11.8. The van der Waals surface area contributed by atoms with Crippen molar-refractivity contribution in [3.05, 3.63) is 0 Å². The maximum absolute atomic E-state index is 11.8. The minimum atomic E-state index is -0.224. The highest BCUT2D eigenvalue weighted by Gasteiger charge is 2.44. The van der Waals surface area contributed by atoms with Gasteiger partial charge in [0.05, 0.1) is 0 Å². The first-order chi connectivity index (χ1) is 5.96. The van der Waals surface area contributed by atoms with Gasteiger partial charge in [0, 0.05) is 16.3 Å². The Balaban J connectivity index is 2.50. The van der Waals surface area contributed by atoms with Crippen molar-refractivity contribution in [2.75, 3.05) is 5.33 Å². The Kier molecular flexibility index (Phi) is 3.05. The highest BCUT2D eigenvalue weighted by molar-refractivity contribution is 9.09. The molecule has 2 nitrogen and oxygen atoms in total. The van der Waals surface area contributed by atoms with Gasteiger partial charge in [0.2, 0.25) is 5.91 Å². The molecule has 0 radical (unpaired) electrons. The number of nitrogens with one attached hydrogen (secondary N) is 1. The third kappa shape index (κ3) is 2.46. The van der Waals surface area contributed by atoms with E-state index in [9.17, 15) is 4.79 Å². The van der Waals surface area contributed by atoms with Crippen molar-refractivity contribution >= 4 is 21.8 Å². The lowest BCUT2D eigenvalue weighted by Crippen LogP contribution is -2.45. The molecule has 0 aromatic heterocycles. The number of hydrogen-bond donors (Lipinski definition) is 1. The molecule has 0 heterocycles. The first-order valence-electron chi connectivity index (χ1n) is 4.84. The summed E-state index contributed by atoms with van der Waals surface area (Å²) in [6.45, 7) is 6.03. The van der Waals surface area contributed by atoms with Gasteiger partial charge in [-0.05, 0) is 19.3 Å². The number of carbonyl (C=O) groups excluding carboxylic acids is 1. The highest BCUT2D eigenvalue weighted by Crippen LogP contribution is 2.38. The maximum Gasteiger partial charge on any atom is 0.226 e. The van der Waals surface area contributed by atoms with E-state index >= 15 is 0 Å². The van der Waals surface area contributed by atoms with Crippen molar-refractivity contribution in [1.29, 1.82) is 0 Å². The number of hydrogen-bond acceptors (Lipinski definition) is 1. The lowest BCUT2D eigenvalue weighted by molar-refractivity contribution is -0.130. The summed E-state index contributed by atoms with van der Waals surface area (Å²) in [6, 6.07) is 0. The lowest BCUT2D eigenvalue weighted by atomic mass is 9.89. The molecule has 0 unspecified atom stereocenters. The van der Waals surface area contributed by atoms with Gasteiger partial charge in [0.15, 0.2) is 0 Å². The molecule has 0 aromatic carbocycles. The standard InChI is InChI=1S/C10H18BrNO/c1-4-9(2,3)8(13)12-10(7-11)5-6-10/h4-7H2,1-3H3,(H,12,13). The summed E-state index contributed by atoms with van der Waals surface area (Å²) in [5.41, 5.74) is -0.138. The van der Waals surface area contributed by atoms with Gasteiger partial charge in [0.1, 0.15) is 0 Å². The Hall–Kier alpha value is -0.0500. The van der Waals surface area contributed by atoms with E-state index in [2.05, 4.69) is 21.2 Å². The lowest BCUT2D eigenvalue weighted by Gasteiger charge is -2.25. The molecule has 0 aliphatic heterocycles. The molecule has 0 spiro atoms. The molecule has 1 rings (SSSR count). The SMILES string of the molecule is CCC(C)(C)C(=O)NC1(CBr)CC1. The van der Waals surface area contributed by atoms with Crippen LogP contribution in [0.1, 0.15) is 40.0 Å². The summed E-state index contributed by atoms with van der Waals surface area (Å²) in [5, 5.41) is 4.00. The number of rotatable bonds is 4. The van der Waals surface area contributed by atoms with Crippen molar-refractivity contribution in [1.82, 2.24) is 5.32 Å². The number of carbonyl (C=O) groups is 1. The molecular formula is C10H18BrNO. The summed E-state index contributed by atoms with van der Waals surface area (Å²) < 4.78 is 0. The average Bonchev–Trinajstić information content (AvgIpc) is 2.85. The minimum absolute atomic E-state index is 0.0868. The minimum Gasteiger partial charge on any atom is -0.349 e. The van der Waals surface area contributed by atoms with E-state index in [1.807, 2.05) is 20.8 Å². The fourth-order valence-electron chi connectivity index (χ4n) is 1.01. The van der Waals surface area contributed by atoms with Crippen molar-refractivity contribution < 1.29 is 4.79 Å². The van der Waals surface area contributed by atoms with E-state index in [0.717, 1.165) is 24.6 Å². The molecule has 1 aliphatic rings. The number of alkyl halides is 1. The van der Waals surface area contributed by atoms with Crippen LogP contribution in [0.4, 0.5) is 0 Å². The first kappa shape index (κ1) is 11.0. The van der Waals surface area contributed by atoms with Gasteiger partial charge in [0.25, 0.3) is 0 Å². The Bertz CT molecular complexity index is 209. The molecule has 13 heavy (non-hydrogen) atoms. The van der Waals surface area contributed by atoms with Crippen LogP contribution in [0.3, 0.4) is 0 Å². The van der Waals surface area contributed by atoms with Gasteiger partial charge in [-0.25, -0.2) is 0 Å². The zero-order valence-corrected chi connectivity index (χ0v) is 10.2. The molecule has 1 N–H and O–H groups in total. The third-order valence-corrected chi connectivity index (χ3v) is 4.06. The summed E-state index contributed by atoms with van der Waals surface area (Å²) in [5.74, 6) is 0.187. The van der Waals surface area contributed by atoms with Crippen molar-refractivity contribution in [3.63, 3.8) is 0 Å². The fourth-order valence-corrected chi connectivity index (χ4v) is 1.71. The van der Waals surface area contributed by atoms with Crippen LogP contribution in [-0.2, 0) is 4.79 Å². The van der Waals surface area contributed by atoms with Crippen LogP contribution in [0.2, 0.25) is 0 Å². The Morgan fingerprint density at radius 2 is 2.08 bits per heavy atom. The molecule has 1 aliphatic carbocycles. The van der Waals surface area contributed by atoms with Crippen molar-refractivity contribution in [3.8, 4) is 0 Å². The maximum atomic E-state index is 11.8. The number of halogens is 1. The van der Waals surface area contributed by atoms with Crippen LogP contribution in [0.25, 0.3) is 0 Å². The molecule has 0 bridgehead atoms. The zero-order valence-electron chi connectivity index (χ0n) is 8.61. The van der Waals surface area contributed by atoms with E-state index in [1.165, 1.54) is 0 Å². The molecule has 1 saturated carbocycles. The molecule has 0 aromatic rings. The second kappa shape index (κ2) is 3.60. The van der Waals surface area contributed by atoms with Crippen molar-refractivity contribution in [2.24, 2.45) is 5.41 Å². The fraction of sp³-hybridized carbons (Fsp3) is 0.900. The van der Waals surface area contributed by atoms with Crippen LogP contribution >= 0.6 is 15.9 Å². The molecule has 76 valence electrons.